The Balaban J connectivity index is 0.977. The summed E-state index contributed by atoms with van der Waals surface area (Å²) in [7, 11) is 0. The maximum absolute atomic E-state index is 13.9. The Morgan fingerprint density at radius 1 is 0.827 bits per heavy atom. The SMILES string of the molecule is Cc1cc(Cl)c(Oc2ccc(OCc3ccc(C)c(F)c3)cn2)c(C=CC(=O)N2CCN(Cc3ccc(CCOc4ccc(Cl)cc4)cc3)CC2)c1. The van der Waals surface area contributed by atoms with Crippen molar-refractivity contribution in [3.05, 3.63) is 153 Å². The smallest absolute Gasteiger partial charge is 0.246 e. The summed E-state index contributed by atoms with van der Waals surface area (Å²) in [6.07, 6.45) is 5.67. The first-order chi connectivity index (χ1) is 25.2. The zero-order chi connectivity index (χ0) is 36.5. The molecular formula is C42H40Cl2FN3O4. The summed E-state index contributed by atoms with van der Waals surface area (Å²) in [5, 5.41) is 1.10. The first kappa shape index (κ1) is 36.9. The Bertz CT molecular complexity index is 2000. The van der Waals surface area contributed by atoms with E-state index in [0.717, 1.165) is 42.9 Å². The number of rotatable bonds is 13. The predicted octanol–water partition coefficient (Wildman–Crippen LogP) is 9.49. The molecule has 0 aliphatic carbocycles. The minimum absolute atomic E-state index is 0.0681. The molecule has 7 nitrogen and oxygen atoms in total. The van der Waals surface area contributed by atoms with E-state index in [-0.39, 0.29) is 18.3 Å². The van der Waals surface area contributed by atoms with Crippen molar-refractivity contribution in [1.82, 2.24) is 14.8 Å². The number of hydrogen-bond acceptors (Lipinski definition) is 6. The van der Waals surface area contributed by atoms with Gasteiger partial charge in [-0.3, -0.25) is 9.69 Å². The molecule has 1 amide bonds. The van der Waals surface area contributed by atoms with Crippen molar-refractivity contribution in [2.24, 2.45) is 0 Å². The molecule has 1 aliphatic rings. The molecule has 0 saturated carbocycles. The third kappa shape index (κ3) is 10.3. The summed E-state index contributed by atoms with van der Waals surface area (Å²) in [4.78, 5) is 21.8. The lowest BCUT2D eigenvalue weighted by molar-refractivity contribution is -0.127. The number of piperazine rings is 1. The van der Waals surface area contributed by atoms with Gasteiger partial charge in [0.05, 0.1) is 17.8 Å². The number of benzene rings is 4. The first-order valence-corrected chi connectivity index (χ1v) is 17.9. The van der Waals surface area contributed by atoms with Crippen molar-refractivity contribution in [3.8, 4) is 23.1 Å². The fourth-order valence-electron chi connectivity index (χ4n) is 5.78. The van der Waals surface area contributed by atoms with E-state index < -0.39 is 0 Å². The van der Waals surface area contributed by atoms with E-state index in [1.54, 1.807) is 43.3 Å². The molecule has 5 aromatic rings. The molecule has 1 saturated heterocycles. The number of halogens is 3. The van der Waals surface area contributed by atoms with Crippen LogP contribution in [0.1, 0.15) is 33.4 Å². The molecule has 0 atom stereocenters. The highest BCUT2D eigenvalue weighted by Gasteiger charge is 2.20. The molecule has 0 bridgehead atoms. The van der Waals surface area contributed by atoms with Crippen molar-refractivity contribution < 1.29 is 23.4 Å². The molecule has 0 radical (unpaired) electrons. The van der Waals surface area contributed by atoms with Gasteiger partial charge in [0.2, 0.25) is 11.8 Å². The average Bonchev–Trinajstić information content (AvgIpc) is 3.14. The number of pyridine rings is 1. The summed E-state index contributed by atoms with van der Waals surface area (Å²) in [5.41, 5.74) is 5.36. The van der Waals surface area contributed by atoms with Gasteiger partial charge in [-0.2, -0.15) is 0 Å². The highest BCUT2D eigenvalue weighted by Crippen LogP contribution is 2.35. The van der Waals surface area contributed by atoms with Crippen molar-refractivity contribution in [1.29, 1.82) is 0 Å². The zero-order valence-corrected chi connectivity index (χ0v) is 30.7. The van der Waals surface area contributed by atoms with Gasteiger partial charge < -0.3 is 19.1 Å². The number of nitrogens with zero attached hydrogens (tertiary/aromatic N) is 3. The van der Waals surface area contributed by atoms with Crippen LogP contribution in [-0.4, -0.2) is 53.5 Å². The standard InChI is InChI=1S/C42H40Cl2FN3O4/c1-29-23-34(42(38(44)24-29)52-40-15-14-37(26-46-40)51-28-33-4-3-30(2)39(45)25-33)9-16-41(49)48-20-18-47(19-21-48)27-32-7-5-31(6-8-32)17-22-50-36-12-10-35(43)11-13-36/h3-16,23-26H,17-22,27-28H2,1-2H3. The highest BCUT2D eigenvalue weighted by atomic mass is 35.5. The van der Waals surface area contributed by atoms with E-state index in [1.807, 2.05) is 48.2 Å². The van der Waals surface area contributed by atoms with Crippen LogP contribution < -0.4 is 14.2 Å². The molecule has 52 heavy (non-hydrogen) atoms. The van der Waals surface area contributed by atoms with Gasteiger partial charge in [0.25, 0.3) is 0 Å². The monoisotopic (exact) mass is 739 g/mol. The summed E-state index contributed by atoms with van der Waals surface area (Å²) >= 11 is 12.6. The Morgan fingerprint density at radius 2 is 1.54 bits per heavy atom. The van der Waals surface area contributed by atoms with Crippen LogP contribution in [0.5, 0.6) is 23.1 Å². The Labute approximate surface area is 314 Å². The van der Waals surface area contributed by atoms with Crippen LogP contribution in [-0.2, 0) is 24.4 Å². The number of carbonyl (C=O) groups excluding carboxylic acids is 1. The Kier molecular flexibility index (Phi) is 12.5. The van der Waals surface area contributed by atoms with Gasteiger partial charge in [-0.05, 0) is 96.3 Å². The van der Waals surface area contributed by atoms with Crippen molar-refractivity contribution in [2.75, 3.05) is 32.8 Å². The van der Waals surface area contributed by atoms with Gasteiger partial charge in [0, 0.05) is 61.9 Å². The van der Waals surface area contributed by atoms with Gasteiger partial charge in [-0.15, -0.1) is 0 Å². The van der Waals surface area contributed by atoms with Gasteiger partial charge in [-0.25, -0.2) is 9.37 Å². The largest absolute Gasteiger partial charge is 0.493 e. The lowest BCUT2D eigenvalue weighted by atomic mass is 10.1. The molecule has 0 unspecified atom stereocenters. The molecule has 4 aromatic carbocycles. The normalized spacial score (nSPS) is 13.4. The van der Waals surface area contributed by atoms with Gasteiger partial charge in [0.15, 0.2) is 5.75 Å². The van der Waals surface area contributed by atoms with E-state index in [1.165, 1.54) is 23.4 Å². The van der Waals surface area contributed by atoms with Crippen LogP contribution >= 0.6 is 23.2 Å². The van der Waals surface area contributed by atoms with Crippen LogP contribution in [0, 0.1) is 19.7 Å². The molecular weight excluding hydrogens is 700 g/mol. The minimum Gasteiger partial charge on any atom is -0.493 e. The number of hydrogen-bond donors (Lipinski definition) is 0. The number of aryl methyl sites for hydroxylation is 2. The quantitative estimate of drug-likeness (QED) is 0.112. The maximum Gasteiger partial charge on any atom is 0.246 e. The van der Waals surface area contributed by atoms with Gasteiger partial charge in [0.1, 0.15) is 23.9 Å². The number of carbonyl (C=O) groups is 1. The fraction of sp³-hybridized carbons (Fsp3) is 0.238. The molecule has 10 heteroatoms. The zero-order valence-electron chi connectivity index (χ0n) is 29.2. The lowest BCUT2D eigenvalue weighted by Crippen LogP contribution is -2.47. The Morgan fingerprint density at radius 3 is 2.25 bits per heavy atom. The predicted molar refractivity (Wildman–Crippen MR) is 204 cm³/mol. The summed E-state index contributed by atoms with van der Waals surface area (Å²) in [6, 6.07) is 28.2. The fourth-order valence-corrected chi connectivity index (χ4v) is 6.22. The minimum atomic E-state index is -0.268. The highest BCUT2D eigenvalue weighted by molar-refractivity contribution is 6.32. The molecule has 1 aliphatic heterocycles. The molecule has 1 fully saturated rings. The second kappa shape index (κ2) is 17.6. The van der Waals surface area contributed by atoms with Crippen LogP contribution in [0.3, 0.4) is 0 Å². The topological polar surface area (TPSA) is 64.1 Å². The van der Waals surface area contributed by atoms with Gasteiger partial charge in [-0.1, -0.05) is 59.6 Å². The van der Waals surface area contributed by atoms with Gasteiger partial charge >= 0.3 is 0 Å². The van der Waals surface area contributed by atoms with E-state index in [2.05, 4.69) is 34.1 Å². The van der Waals surface area contributed by atoms with Crippen molar-refractivity contribution in [3.63, 3.8) is 0 Å². The molecule has 0 spiro atoms. The molecule has 268 valence electrons. The van der Waals surface area contributed by atoms with E-state index in [9.17, 15) is 9.18 Å². The molecule has 1 aromatic heterocycles. The van der Waals surface area contributed by atoms with Crippen LogP contribution in [0.15, 0.2) is 103 Å². The molecule has 0 N–H and O–H groups in total. The number of ether oxygens (including phenoxy) is 3. The van der Waals surface area contributed by atoms with E-state index in [4.69, 9.17) is 37.4 Å². The first-order valence-electron chi connectivity index (χ1n) is 17.2. The van der Waals surface area contributed by atoms with Crippen LogP contribution in [0.25, 0.3) is 6.08 Å². The van der Waals surface area contributed by atoms with Crippen molar-refractivity contribution >= 4 is 35.2 Å². The molecule has 2 heterocycles. The second-order valence-electron chi connectivity index (χ2n) is 12.8. The van der Waals surface area contributed by atoms with Crippen LogP contribution in [0.2, 0.25) is 10.0 Å². The third-order valence-electron chi connectivity index (χ3n) is 8.77. The summed E-state index contributed by atoms with van der Waals surface area (Å²) in [5.74, 6) is 1.70. The van der Waals surface area contributed by atoms with E-state index >= 15 is 0 Å². The third-order valence-corrected chi connectivity index (χ3v) is 9.30. The summed E-state index contributed by atoms with van der Waals surface area (Å²) < 4.78 is 31.6. The molecule has 6 rings (SSSR count). The second-order valence-corrected chi connectivity index (χ2v) is 13.6. The number of amides is 1. The maximum atomic E-state index is 13.9. The van der Waals surface area contributed by atoms with Crippen LogP contribution in [0.4, 0.5) is 4.39 Å². The van der Waals surface area contributed by atoms with E-state index in [0.29, 0.717) is 58.2 Å². The number of aromatic nitrogens is 1. The average molecular weight is 741 g/mol. The lowest BCUT2D eigenvalue weighted by Gasteiger charge is -2.34. The van der Waals surface area contributed by atoms with Crippen molar-refractivity contribution in [2.45, 2.75) is 33.4 Å². The summed E-state index contributed by atoms with van der Waals surface area (Å²) in [6.45, 7) is 8.13. The Hall–Kier alpha value is -4.89.